The topological polar surface area (TPSA) is 47.9 Å². The lowest BCUT2D eigenvalue weighted by atomic mass is 9.65. The number of pyridine rings is 1. The van der Waals surface area contributed by atoms with Gasteiger partial charge in [0.15, 0.2) is 5.82 Å². The van der Waals surface area contributed by atoms with Crippen molar-refractivity contribution in [2.45, 2.75) is 5.41 Å². The van der Waals surface area contributed by atoms with E-state index in [2.05, 4.69) is 175 Å². The average molecular weight is 792 g/mol. The minimum absolute atomic E-state index is 0.622. The molecule has 2 aromatic heterocycles. The first-order valence-electron chi connectivity index (χ1n) is 21.0. The Labute approximate surface area is 360 Å². The summed E-state index contributed by atoms with van der Waals surface area (Å²) in [4.78, 5) is 14.8. The number of hydrogen-bond donors (Lipinski definition) is 0. The summed E-state index contributed by atoms with van der Waals surface area (Å²) in [5, 5.41) is 0. The molecule has 290 valence electrons. The van der Waals surface area contributed by atoms with Gasteiger partial charge in [-0.25, -0.2) is 9.97 Å². The van der Waals surface area contributed by atoms with Crippen LogP contribution in [-0.4, -0.2) is 15.0 Å². The van der Waals surface area contributed by atoms with Gasteiger partial charge in [-0.1, -0.05) is 194 Å². The summed E-state index contributed by atoms with van der Waals surface area (Å²) in [5.41, 5.74) is 17.6. The molecular weight excluding hydrogens is 755 g/mol. The van der Waals surface area contributed by atoms with E-state index in [0.29, 0.717) is 5.82 Å². The zero-order chi connectivity index (χ0) is 41.0. The van der Waals surface area contributed by atoms with E-state index in [1.165, 1.54) is 22.3 Å². The second kappa shape index (κ2) is 14.5. The molecule has 12 rings (SSSR count). The van der Waals surface area contributed by atoms with Crippen LogP contribution in [0.1, 0.15) is 22.3 Å². The van der Waals surface area contributed by atoms with Crippen molar-refractivity contribution in [3.63, 3.8) is 0 Å². The quantitative estimate of drug-likeness (QED) is 0.168. The highest BCUT2D eigenvalue weighted by Crippen LogP contribution is 2.64. The molecule has 62 heavy (non-hydrogen) atoms. The monoisotopic (exact) mass is 791 g/mol. The highest BCUT2D eigenvalue weighted by Gasteiger charge is 2.52. The summed E-state index contributed by atoms with van der Waals surface area (Å²) < 4.78 is 7.42. The van der Waals surface area contributed by atoms with Gasteiger partial charge in [0.1, 0.15) is 11.5 Å². The molecule has 0 amide bonds. The minimum Gasteiger partial charge on any atom is -0.455 e. The van der Waals surface area contributed by atoms with Crippen LogP contribution in [0, 0.1) is 0 Å². The first kappa shape index (κ1) is 35.7. The summed E-state index contributed by atoms with van der Waals surface area (Å²) in [6.45, 7) is 0. The number of fused-ring (bicyclic) bond motifs is 9. The predicted octanol–water partition coefficient (Wildman–Crippen LogP) is 14.3. The van der Waals surface area contributed by atoms with Gasteiger partial charge in [-0.2, -0.15) is 0 Å². The molecule has 8 aromatic carbocycles. The smallest absolute Gasteiger partial charge is 0.160 e. The fourth-order valence-corrected chi connectivity index (χ4v) is 9.67. The minimum atomic E-state index is -0.622. The maximum atomic E-state index is 7.42. The molecule has 4 heteroatoms. The third-order valence-corrected chi connectivity index (χ3v) is 12.4. The van der Waals surface area contributed by atoms with Crippen molar-refractivity contribution in [3.05, 3.63) is 247 Å². The standard InChI is InChI=1S/C58H37N3O/c1-3-16-39(17-4-1)53-37-54(61-57(60-53)41-18-5-2-6-19-41)40-33-31-38(32-34-40)44-24-14-28-50-55(44)62-56-45(42-20-13-21-43(36-42)52-30-11-12-35-59-52)25-15-29-51(56)58(50)48-26-9-7-22-46(48)47-23-8-10-27-49(47)58/h1-37H. The van der Waals surface area contributed by atoms with Crippen LogP contribution in [0.5, 0.6) is 11.5 Å². The Balaban J connectivity index is 1.04. The van der Waals surface area contributed by atoms with Crippen LogP contribution in [0.15, 0.2) is 225 Å². The molecule has 0 bridgehead atoms. The molecule has 0 N–H and O–H groups in total. The van der Waals surface area contributed by atoms with Gasteiger partial charge in [-0.15, -0.1) is 0 Å². The first-order valence-corrected chi connectivity index (χ1v) is 21.0. The molecule has 3 heterocycles. The molecule has 10 aromatic rings. The normalized spacial score (nSPS) is 12.8. The molecule has 1 spiro atoms. The molecule has 1 aliphatic carbocycles. The molecule has 0 unspecified atom stereocenters. The van der Waals surface area contributed by atoms with Crippen molar-refractivity contribution < 1.29 is 4.74 Å². The molecule has 0 fully saturated rings. The number of nitrogens with zero attached hydrogens (tertiary/aromatic N) is 3. The number of rotatable bonds is 6. The number of para-hydroxylation sites is 2. The van der Waals surface area contributed by atoms with Gasteiger partial charge >= 0.3 is 0 Å². The highest BCUT2D eigenvalue weighted by molar-refractivity contribution is 5.92. The Bertz CT molecular complexity index is 3210. The Morgan fingerprint density at radius 3 is 1.40 bits per heavy atom. The van der Waals surface area contributed by atoms with E-state index < -0.39 is 5.41 Å². The predicted molar refractivity (Wildman–Crippen MR) is 250 cm³/mol. The van der Waals surface area contributed by atoms with Crippen molar-refractivity contribution in [2.75, 3.05) is 0 Å². The van der Waals surface area contributed by atoms with Crippen molar-refractivity contribution in [2.24, 2.45) is 0 Å². The Morgan fingerprint density at radius 2 is 0.774 bits per heavy atom. The summed E-state index contributed by atoms with van der Waals surface area (Å²) in [7, 11) is 0. The van der Waals surface area contributed by atoms with Gasteiger partial charge in [-0.3, -0.25) is 4.98 Å². The van der Waals surface area contributed by atoms with E-state index >= 15 is 0 Å². The van der Waals surface area contributed by atoms with E-state index in [-0.39, 0.29) is 0 Å². The highest BCUT2D eigenvalue weighted by atomic mass is 16.5. The van der Waals surface area contributed by atoms with Crippen LogP contribution in [-0.2, 0) is 5.41 Å². The fourth-order valence-electron chi connectivity index (χ4n) is 9.67. The Hall–Kier alpha value is -8.21. The number of benzene rings is 8. The molecule has 2 aliphatic rings. The van der Waals surface area contributed by atoms with Crippen LogP contribution in [0.25, 0.3) is 78.5 Å². The van der Waals surface area contributed by atoms with E-state index in [1.54, 1.807) is 0 Å². The third-order valence-electron chi connectivity index (χ3n) is 12.4. The van der Waals surface area contributed by atoms with Crippen molar-refractivity contribution in [1.29, 1.82) is 0 Å². The Morgan fingerprint density at radius 1 is 0.306 bits per heavy atom. The van der Waals surface area contributed by atoms with Crippen LogP contribution in [0.2, 0.25) is 0 Å². The summed E-state index contributed by atoms with van der Waals surface area (Å²) in [6.07, 6.45) is 1.84. The van der Waals surface area contributed by atoms with Gasteiger partial charge in [0.25, 0.3) is 0 Å². The van der Waals surface area contributed by atoms with Crippen LogP contribution >= 0.6 is 0 Å². The molecular formula is C58H37N3O. The summed E-state index contributed by atoms with van der Waals surface area (Å²) in [6, 6.07) is 77.0. The van der Waals surface area contributed by atoms with E-state index in [1.807, 2.05) is 54.7 Å². The van der Waals surface area contributed by atoms with Crippen molar-refractivity contribution in [1.82, 2.24) is 15.0 Å². The van der Waals surface area contributed by atoms with Crippen LogP contribution in [0.4, 0.5) is 0 Å². The largest absolute Gasteiger partial charge is 0.455 e. The van der Waals surface area contributed by atoms with Gasteiger partial charge < -0.3 is 4.74 Å². The number of aromatic nitrogens is 3. The SMILES string of the molecule is c1ccc(-c2cc(-c3ccc(-c4cccc5c4Oc4c(-c6cccc(-c7ccccn7)c6)cccc4C54c5ccccc5-c5ccccc54)cc3)nc(-c3ccccc3)n2)cc1. The zero-order valence-corrected chi connectivity index (χ0v) is 33.6. The third kappa shape index (κ3) is 5.65. The van der Waals surface area contributed by atoms with Gasteiger partial charge in [0.05, 0.1) is 22.5 Å². The molecule has 4 nitrogen and oxygen atoms in total. The second-order valence-electron chi connectivity index (χ2n) is 15.9. The molecule has 0 saturated heterocycles. The first-order chi connectivity index (χ1) is 30.7. The van der Waals surface area contributed by atoms with E-state index in [9.17, 15) is 0 Å². The van der Waals surface area contributed by atoms with Gasteiger partial charge in [0, 0.05) is 50.7 Å². The number of hydrogen-bond acceptors (Lipinski definition) is 4. The maximum absolute atomic E-state index is 7.42. The van der Waals surface area contributed by atoms with Crippen molar-refractivity contribution >= 4 is 0 Å². The summed E-state index contributed by atoms with van der Waals surface area (Å²) >= 11 is 0. The zero-order valence-electron chi connectivity index (χ0n) is 33.6. The maximum Gasteiger partial charge on any atom is 0.160 e. The molecule has 1 aliphatic heterocycles. The summed E-state index contributed by atoms with van der Waals surface area (Å²) in [5.74, 6) is 2.41. The van der Waals surface area contributed by atoms with Crippen molar-refractivity contribution in [3.8, 4) is 90.0 Å². The van der Waals surface area contributed by atoms with Crippen LogP contribution in [0.3, 0.4) is 0 Å². The molecule has 0 radical (unpaired) electrons. The lowest BCUT2D eigenvalue weighted by Gasteiger charge is -2.40. The second-order valence-corrected chi connectivity index (χ2v) is 15.9. The van der Waals surface area contributed by atoms with Gasteiger partial charge in [-0.05, 0) is 57.6 Å². The van der Waals surface area contributed by atoms with E-state index in [0.717, 1.165) is 84.2 Å². The lowest BCUT2D eigenvalue weighted by molar-refractivity contribution is 0.440. The molecule has 0 atom stereocenters. The van der Waals surface area contributed by atoms with E-state index in [4.69, 9.17) is 14.7 Å². The number of ether oxygens (including phenoxy) is 1. The average Bonchev–Trinajstić information content (AvgIpc) is 3.65. The molecule has 0 saturated carbocycles. The Kier molecular flexibility index (Phi) is 8.36. The lowest BCUT2D eigenvalue weighted by Crippen LogP contribution is -2.32. The fraction of sp³-hybridized carbons (Fsp3) is 0.0172. The van der Waals surface area contributed by atoms with Crippen LogP contribution < -0.4 is 4.74 Å². The van der Waals surface area contributed by atoms with Gasteiger partial charge in [0.2, 0.25) is 0 Å².